The number of nitrogens with zero attached hydrogens (tertiary/aromatic N) is 4. The van der Waals surface area contributed by atoms with Crippen LogP contribution >= 0.6 is 0 Å². The molecular weight excluding hydrogens is 945 g/mol. The third-order valence-electron chi connectivity index (χ3n) is 16.1. The molecule has 10 nitrogen and oxygen atoms in total. The number of hydrogen-bond donors (Lipinski definition) is 4. The van der Waals surface area contributed by atoms with Gasteiger partial charge in [-0.1, -0.05) is 179 Å². The van der Waals surface area contributed by atoms with E-state index in [4.69, 9.17) is 29.4 Å². The van der Waals surface area contributed by atoms with Gasteiger partial charge in [0.25, 0.3) is 0 Å². The number of fused-ring (bicyclic) bond motifs is 6. The molecule has 10 heteroatoms. The fraction of sp³-hybridized carbons (Fsp3) is 0.394. The first kappa shape index (κ1) is 53.6. The van der Waals surface area contributed by atoms with Crippen LogP contribution in [0.25, 0.3) is 0 Å². The van der Waals surface area contributed by atoms with Gasteiger partial charge in [-0.2, -0.15) is 0 Å². The highest BCUT2D eigenvalue weighted by Crippen LogP contribution is 2.60. The van der Waals surface area contributed by atoms with E-state index in [-0.39, 0.29) is 23.0 Å². The van der Waals surface area contributed by atoms with E-state index in [0.29, 0.717) is 68.0 Å². The molecule has 6 aromatic rings. The molecule has 3 heterocycles. The number of hydrogen-bond acceptors (Lipinski definition) is 10. The fourth-order valence-corrected chi connectivity index (χ4v) is 11.8. The largest absolute Gasteiger partial charge is 0.504 e. The van der Waals surface area contributed by atoms with Crippen molar-refractivity contribution >= 4 is 47.6 Å². The molecule has 0 fully saturated rings. The van der Waals surface area contributed by atoms with Crippen LogP contribution in [0.1, 0.15) is 201 Å². The van der Waals surface area contributed by atoms with E-state index in [0.717, 1.165) is 151 Å². The number of para-hydroxylation sites is 4. The first-order chi connectivity index (χ1) is 37.2. The third-order valence-corrected chi connectivity index (χ3v) is 16.1. The molecule has 0 saturated carbocycles. The highest BCUT2D eigenvalue weighted by molar-refractivity contribution is 5.94. The lowest BCUT2D eigenvalue weighted by Crippen LogP contribution is -2.32. The SMILES string of the molecule is CCCCCCC1(CCCCCC)c2ccc3c(O)c2Oc2c1ccc(c2O)C=Nc1ccccc1N=Cc1ccc2c(c1O)Oc1c(ccc(c1O)C=Nc1ccccc1N=C3)C2(CCCCCC)CCCCCC. The molecule has 4 N–H and O–H groups in total. The Kier molecular flexibility index (Phi) is 17.4. The minimum absolute atomic E-state index is 0.0594. The predicted molar refractivity (Wildman–Crippen MR) is 311 cm³/mol. The van der Waals surface area contributed by atoms with Gasteiger partial charge >= 0.3 is 0 Å². The molecule has 0 unspecified atom stereocenters. The number of benzene rings is 6. The lowest BCUT2D eigenvalue weighted by atomic mass is 9.65. The van der Waals surface area contributed by atoms with Crippen molar-refractivity contribution in [1.82, 2.24) is 0 Å². The maximum absolute atomic E-state index is 12.4. The van der Waals surface area contributed by atoms with E-state index in [1.807, 2.05) is 72.8 Å². The zero-order valence-electron chi connectivity index (χ0n) is 45.1. The Balaban J connectivity index is 1.22. The van der Waals surface area contributed by atoms with Crippen molar-refractivity contribution in [1.29, 1.82) is 0 Å². The monoisotopic (exact) mass is 1020 g/mol. The molecule has 3 aliphatic rings. The smallest absolute Gasteiger partial charge is 0.174 e. The summed E-state index contributed by atoms with van der Waals surface area (Å²) >= 11 is 0. The van der Waals surface area contributed by atoms with Gasteiger partial charge in [0.15, 0.2) is 46.0 Å². The zero-order valence-corrected chi connectivity index (χ0v) is 45.1. The number of phenols is 4. The predicted octanol–water partition coefficient (Wildman–Crippen LogP) is 18.5. The molecule has 6 aromatic carbocycles. The maximum atomic E-state index is 12.4. The van der Waals surface area contributed by atoms with Crippen molar-refractivity contribution in [3.63, 3.8) is 0 Å². The van der Waals surface area contributed by atoms with Crippen molar-refractivity contribution in [3.8, 4) is 46.0 Å². The molecule has 0 spiro atoms. The molecule has 9 rings (SSSR count). The lowest BCUT2D eigenvalue weighted by Gasteiger charge is -2.41. The second-order valence-corrected chi connectivity index (χ2v) is 21.1. The Morgan fingerprint density at radius 1 is 0.316 bits per heavy atom. The van der Waals surface area contributed by atoms with Gasteiger partial charge in [0.2, 0.25) is 0 Å². The van der Waals surface area contributed by atoms with Gasteiger partial charge in [0.05, 0.1) is 22.7 Å². The van der Waals surface area contributed by atoms with E-state index in [1.54, 1.807) is 24.9 Å². The van der Waals surface area contributed by atoms with E-state index < -0.39 is 10.8 Å². The molecule has 396 valence electrons. The Bertz CT molecular complexity index is 2720. The van der Waals surface area contributed by atoms with Gasteiger partial charge in [-0.3, -0.25) is 20.0 Å². The summed E-state index contributed by atoms with van der Waals surface area (Å²) in [6.45, 7) is 8.87. The van der Waals surface area contributed by atoms with Crippen molar-refractivity contribution < 1.29 is 29.9 Å². The summed E-state index contributed by atoms with van der Waals surface area (Å²) in [6, 6.07) is 31.0. The highest BCUT2D eigenvalue weighted by atomic mass is 16.5. The van der Waals surface area contributed by atoms with Crippen LogP contribution in [0.3, 0.4) is 0 Å². The zero-order chi connectivity index (χ0) is 53.1. The van der Waals surface area contributed by atoms with Crippen LogP contribution in [0.4, 0.5) is 22.7 Å². The summed E-state index contributed by atoms with van der Waals surface area (Å²) in [6.07, 6.45) is 26.9. The van der Waals surface area contributed by atoms with Crippen LogP contribution in [0.5, 0.6) is 46.0 Å². The van der Waals surface area contributed by atoms with Gasteiger partial charge in [-0.25, -0.2) is 0 Å². The Labute approximate surface area is 450 Å². The van der Waals surface area contributed by atoms with E-state index in [1.165, 1.54) is 0 Å². The molecule has 8 bridgehead atoms. The molecule has 76 heavy (non-hydrogen) atoms. The number of rotatable bonds is 20. The van der Waals surface area contributed by atoms with Crippen molar-refractivity contribution in [3.05, 3.63) is 142 Å². The Morgan fingerprint density at radius 3 is 0.776 bits per heavy atom. The number of phenolic OH excluding ortho intramolecular Hbond substituents is 4. The first-order valence-electron chi connectivity index (χ1n) is 28.3. The molecule has 0 atom stereocenters. The second kappa shape index (κ2) is 24.6. The number of ether oxygens (including phenoxy) is 2. The number of unbranched alkanes of at least 4 members (excludes halogenated alkanes) is 12. The highest BCUT2D eigenvalue weighted by Gasteiger charge is 2.46. The summed E-state index contributed by atoms with van der Waals surface area (Å²) in [5.74, 6) is 1.02. The quantitative estimate of drug-likeness (QED) is 0.0559. The van der Waals surface area contributed by atoms with Gasteiger partial charge in [-0.15, -0.1) is 0 Å². The van der Waals surface area contributed by atoms with Crippen LogP contribution in [0.2, 0.25) is 0 Å². The van der Waals surface area contributed by atoms with Crippen molar-refractivity contribution in [2.45, 2.75) is 167 Å². The van der Waals surface area contributed by atoms with Crippen molar-refractivity contribution in [2.24, 2.45) is 20.0 Å². The fourth-order valence-electron chi connectivity index (χ4n) is 11.8. The van der Waals surface area contributed by atoms with Crippen LogP contribution < -0.4 is 9.47 Å². The van der Waals surface area contributed by atoms with Gasteiger partial charge in [-0.05, 0) is 74.2 Å². The summed E-state index contributed by atoms with van der Waals surface area (Å²) in [4.78, 5) is 19.6. The summed E-state index contributed by atoms with van der Waals surface area (Å²) in [7, 11) is 0. The summed E-state index contributed by atoms with van der Waals surface area (Å²) in [5.41, 5.74) is 6.53. The van der Waals surface area contributed by atoms with E-state index >= 15 is 0 Å². The molecule has 0 aliphatic carbocycles. The minimum atomic E-state index is -0.542. The molecule has 0 amide bonds. The normalized spacial score (nSPS) is 14.5. The Morgan fingerprint density at radius 2 is 0.553 bits per heavy atom. The van der Waals surface area contributed by atoms with E-state index in [2.05, 4.69) is 52.0 Å². The Hall–Kier alpha value is -7.20. The van der Waals surface area contributed by atoms with E-state index in [9.17, 15) is 20.4 Å². The van der Waals surface area contributed by atoms with Crippen LogP contribution in [0, 0.1) is 0 Å². The average Bonchev–Trinajstić information content (AvgIpc) is 3.50. The van der Waals surface area contributed by atoms with Crippen molar-refractivity contribution in [2.75, 3.05) is 0 Å². The molecular formula is C66H76N4O6. The minimum Gasteiger partial charge on any atom is -0.504 e. The second-order valence-electron chi connectivity index (χ2n) is 21.1. The molecule has 0 radical (unpaired) electrons. The summed E-state index contributed by atoms with van der Waals surface area (Å²) in [5, 5.41) is 49.4. The molecule has 0 aromatic heterocycles. The maximum Gasteiger partial charge on any atom is 0.174 e. The van der Waals surface area contributed by atoms with Crippen LogP contribution in [0.15, 0.2) is 117 Å². The molecule has 0 saturated heterocycles. The number of aliphatic imine (C=N–C) groups is 4. The van der Waals surface area contributed by atoms with Gasteiger partial charge in [0, 0.05) is 80.2 Å². The topological polar surface area (TPSA) is 149 Å². The standard InChI is InChI=1S/C66H76N4O6/c1-5-9-13-21-37-65(38-22-14-10-6-2)49-33-29-45-41-67-53-25-17-19-27-55(53)69-43-47-31-35-51-63(59(47)73)76-64-52(66(51,39-23-15-11-7-3)40-24-16-12-8-4)36-32-48(60(64)74)44-70-56-28-20-18-26-54(56)68-42-46-30-34-50(65)62(58(46)72)75-61(49)57(45)71/h17-20,25-36,41-44,71-74H,5-16,21-24,37-40H2,1-4H3. The molecule has 3 aliphatic heterocycles. The number of aromatic hydroxyl groups is 4. The van der Waals surface area contributed by atoms with Gasteiger partial charge < -0.3 is 29.9 Å². The van der Waals surface area contributed by atoms with Gasteiger partial charge in [0.1, 0.15) is 0 Å². The first-order valence-corrected chi connectivity index (χ1v) is 28.3. The summed E-state index contributed by atoms with van der Waals surface area (Å²) < 4.78 is 13.5. The average molecular weight is 1020 g/mol. The third kappa shape index (κ3) is 10.9. The van der Waals surface area contributed by atoms with Crippen LogP contribution in [-0.2, 0) is 10.8 Å². The van der Waals surface area contributed by atoms with Crippen LogP contribution in [-0.4, -0.2) is 45.3 Å². The lowest BCUT2D eigenvalue weighted by molar-refractivity contribution is 0.312.